The van der Waals surface area contributed by atoms with Gasteiger partial charge in [0.1, 0.15) is 0 Å². The Hall–Kier alpha value is -1.01. The van der Waals surface area contributed by atoms with Gasteiger partial charge in [-0.2, -0.15) is 0 Å². The lowest BCUT2D eigenvalue weighted by molar-refractivity contribution is 0.127. The van der Waals surface area contributed by atoms with Crippen molar-refractivity contribution in [1.29, 1.82) is 0 Å². The van der Waals surface area contributed by atoms with Gasteiger partial charge in [0.05, 0.1) is 11.9 Å². The number of hydrogen-bond donors (Lipinski definition) is 0. The maximum atomic E-state index is 11.9. The smallest absolute Gasteiger partial charge is 0.247 e. The van der Waals surface area contributed by atoms with E-state index in [4.69, 9.17) is 4.74 Å². The summed E-state index contributed by atoms with van der Waals surface area (Å²) in [6, 6.07) is 0. The van der Waals surface area contributed by atoms with Gasteiger partial charge in [-0.05, 0) is 25.3 Å². The van der Waals surface area contributed by atoms with Crippen molar-refractivity contribution in [2.24, 2.45) is 0 Å². The molecular formula is C10H14N2O3S. The molecule has 1 aromatic heterocycles. The van der Waals surface area contributed by atoms with Crippen LogP contribution in [0.5, 0.6) is 0 Å². The fourth-order valence-electron chi connectivity index (χ4n) is 1.64. The molecule has 1 aliphatic rings. The van der Waals surface area contributed by atoms with Crippen molar-refractivity contribution in [1.82, 2.24) is 9.97 Å². The van der Waals surface area contributed by atoms with E-state index in [1.807, 2.05) is 6.92 Å². The van der Waals surface area contributed by atoms with E-state index in [0.29, 0.717) is 6.61 Å². The second-order valence-electron chi connectivity index (χ2n) is 3.96. The number of aromatic nitrogens is 2. The van der Waals surface area contributed by atoms with E-state index in [2.05, 4.69) is 9.97 Å². The Morgan fingerprint density at radius 1 is 1.44 bits per heavy atom. The lowest BCUT2D eigenvalue weighted by atomic mass is 10.3. The second-order valence-corrected chi connectivity index (χ2v) is 5.89. The van der Waals surface area contributed by atoms with E-state index in [-0.39, 0.29) is 17.0 Å². The van der Waals surface area contributed by atoms with Crippen molar-refractivity contribution in [3.8, 4) is 0 Å². The number of rotatable bonds is 3. The molecule has 1 saturated heterocycles. The van der Waals surface area contributed by atoms with Gasteiger partial charge in [0.25, 0.3) is 0 Å². The minimum atomic E-state index is -3.41. The molecule has 0 unspecified atom stereocenters. The number of nitrogens with zero attached hydrogens (tertiary/aromatic N) is 2. The third-order valence-corrected chi connectivity index (χ3v) is 4.04. The van der Waals surface area contributed by atoms with Gasteiger partial charge in [-0.1, -0.05) is 0 Å². The highest BCUT2D eigenvalue weighted by atomic mass is 32.2. The third-order valence-electron chi connectivity index (χ3n) is 2.46. The van der Waals surface area contributed by atoms with Crippen LogP contribution in [0.25, 0.3) is 0 Å². The topological polar surface area (TPSA) is 69.2 Å². The number of hydrogen-bond acceptors (Lipinski definition) is 5. The summed E-state index contributed by atoms with van der Waals surface area (Å²) in [5.74, 6) is -0.0178. The first-order chi connectivity index (χ1) is 7.58. The van der Waals surface area contributed by atoms with E-state index in [1.165, 1.54) is 12.4 Å². The first-order valence-corrected chi connectivity index (χ1v) is 6.86. The average molecular weight is 242 g/mol. The lowest BCUT2D eigenvalue weighted by Gasteiger charge is -2.08. The quantitative estimate of drug-likeness (QED) is 0.731. The molecule has 1 atom stereocenters. The zero-order valence-electron chi connectivity index (χ0n) is 9.09. The monoisotopic (exact) mass is 242 g/mol. The van der Waals surface area contributed by atoms with Crippen molar-refractivity contribution in [2.45, 2.75) is 31.0 Å². The maximum Gasteiger partial charge on any atom is 0.247 e. The van der Waals surface area contributed by atoms with Crippen LogP contribution in [-0.4, -0.2) is 36.8 Å². The molecule has 0 saturated carbocycles. The second kappa shape index (κ2) is 4.47. The van der Waals surface area contributed by atoms with Crippen LogP contribution in [0.15, 0.2) is 17.6 Å². The number of sulfone groups is 1. The summed E-state index contributed by atoms with van der Waals surface area (Å²) in [5.41, 5.74) is 0.844. The molecule has 0 amide bonds. The molecule has 0 bridgehead atoms. The fourth-order valence-corrected chi connectivity index (χ4v) is 2.96. The Balaban J connectivity index is 2.14. The van der Waals surface area contributed by atoms with Crippen LogP contribution < -0.4 is 0 Å². The van der Waals surface area contributed by atoms with Crippen LogP contribution in [0.4, 0.5) is 0 Å². The summed E-state index contributed by atoms with van der Waals surface area (Å²) in [5, 5.41) is -0.103. The highest BCUT2D eigenvalue weighted by molar-refractivity contribution is 7.91. The molecule has 16 heavy (non-hydrogen) atoms. The third kappa shape index (κ3) is 2.56. The normalized spacial score (nSPS) is 21.2. The van der Waals surface area contributed by atoms with Crippen LogP contribution in [0.3, 0.4) is 0 Å². The molecule has 2 rings (SSSR count). The van der Waals surface area contributed by atoms with Crippen molar-refractivity contribution < 1.29 is 13.2 Å². The predicted molar refractivity (Wildman–Crippen MR) is 57.8 cm³/mol. The van der Waals surface area contributed by atoms with Gasteiger partial charge >= 0.3 is 0 Å². The summed E-state index contributed by atoms with van der Waals surface area (Å²) >= 11 is 0. The summed E-state index contributed by atoms with van der Waals surface area (Å²) < 4.78 is 29.1. The summed E-state index contributed by atoms with van der Waals surface area (Å²) in [6.45, 7) is 2.46. The highest BCUT2D eigenvalue weighted by Crippen LogP contribution is 2.16. The van der Waals surface area contributed by atoms with Gasteiger partial charge in [0.15, 0.2) is 0 Å². The highest BCUT2D eigenvalue weighted by Gasteiger charge is 2.26. The van der Waals surface area contributed by atoms with Gasteiger partial charge in [-0.25, -0.2) is 18.4 Å². The Bertz CT molecular complexity index is 449. The molecule has 2 heterocycles. The van der Waals surface area contributed by atoms with Crippen LogP contribution in [-0.2, 0) is 14.6 Å². The van der Waals surface area contributed by atoms with Gasteiger partial charge in [-0.3, -0.25) is 0 Å². The largest absolute Gasteiger partial charge is 0.377 e. The summed E-state index contributed by atoms with van der Waals surface area (Å²) in [4.78, 5) is 7.67. The Morgan fingerprint density at radius 2 is 2.12 bits per heavy atom. The minimum Gasteiger partial charge on any atom is -0.377 e. The van der Waals surface area contributed by atoms with Crippen LogP contribution in [0.2, 0.25) is 0 Å². The zero-order valence-corrected chi connectivity index (χ0v) is 9.90. The lowest BCUT2D eigenvalue weighted by Crippen LogP contribution is -2.21. The number of aryl methyl sites for hydroxylation is 1. The van der Waals surface area contributed by atoms with Crippen molar-refractivity contribution in [2.75, 3.05) is 12.4 Å². The fraction of sp³-hybridized carbons (Fsp3) is 0.600. The minimum absolute atomic E-state index is 0.0178. The summed E-state index contributed by atoms with van der Waals surface area (Å²) in [7, 11) is -3.41. The first kappa shape index (κ1) is 11.5. The number of ether oxygens (including phenoxy) is 1. The van der Waals surface area contributed by atoms with Crippen molar-refractivity contribution >= 4 is 9.84 Å². The average Bonchev–Trinajstić information content (AvgIpc) is 2.70. The molecule has 88 valence electrons. The van der Waals surface area contributed by atoms with Crippen LogP contribution in [0.1, 0.15) is 18.4 Å². The van der Waals surface area contributed by atoms with Gasteiger partial charge < -0.3 is 4.74 Å². The van der Waals surface area contributed by atoms with E-state index in [1.54, 1.807) is 0 Å². The van der Waals surface area contributed by atoms with Gasteiger partial charge in [0.2, 0.25) is 15.0 Å². The van der Waals surface area contributed by atoms with Crippen LogP contribution >= 0.6 is 0 Å². The first-order valence-electron chi connectivity index (χ1n) is 5.21. The molecule has 1 aromatic rings. The Morgan fingerprint density at radius 3 is 2.69 bits per heavy atom. The molecule has 0 spiro atoms. The predicted octanol–water partition coefficient (Wildman–Crippen LogP) is 0.738. The molecule has 0 aliphatic carbocycles. The molecule has 0 radical (unpaired) electrons. The molecular weight excluding hydrogens is 228 g/mol. The molecule has 1 fully saturated rings. The SMILES string of the molecule is Cc1cnc(S(=O)(=O)C[C@H]2CCCO2)nc1. The van der Waals surface area contributed by atoms with Crippen molar-refractivity contribution in [3.05, 3.63) is 18.0 Å². The van der Waals surface area contributed by atoms with Gasteiger partial charge in [-0.15, -0.1) is 0 Å². The summed E-state index contributed by atoms with van der Waals surface area (Å²) in [6.07, 6.45) is 4.54. The van der Waals surface area contributed by atoms with Gasteiger partial charge in [0, 0.05) is 19.0 Å². The maximum absolute atomic E-state index is 11.9. The van der Waals surface area contributed by atoms with E-state index in [0.717, 1.165) is 18.4 Å². The van der Waals surface area contributed by atoms with E-state index < -0.39 is 9.84 Å². The molecule has 0 aromatic carbocycles. The Kier molecular flexibility index (Phi) is 3.20. The zero-order chi connectivity index (χ0) is 11.6. The van der Waals surface area contributed by atoms with Crippen LogP contribution in [0, 0.1) is 6.92 Å². The molecule has 6 heteroatoms. The molecule has 0 N–H and O–H groups in total. The van der Waals surface area contributed by atoms with Crippen molar-refractivity contribution in [3.63, 3.8) is 0 Å². The molecule has 1 aliphatic heterocycles. The van der Waals surface area contributed by atoms with E-state index >= 15 is 0 Å². The standard InChI is InChI=1S/C10H14N2O3S/c1-8-5-11-10(12-6-8)16(13,14)7-9-3-2-4-15-9/h5-6,9H,2-4,7H2,1H3/t9-/m1/s1. The molecule has 5 nitrogen and oxygen atoms in total. The Labute approximate surface area is 94.8 Å². The van der Waals surface area contributed by atoms with E-state index in [9.17, 15) is 8.42 Å².